The molecule has 0 aromatic carbocycles. The second-order valence-corrected chi connectivity index (χ2v) is 4.01. The number of hydrogen-bond acceptors (Lipinski definition) is 4. The Morgan fingerprint density at radius 3 is 2.31 bits per heavy atom. The van der Waals surface area contributed by atoms with E-state index in [0.29, 0.717) is 0 Å². The molecule has 1 atom stereocenters. The summed E-state index contributed by atoms with van der Waals surface area (Å²) in [7, 11) is 2.58. The lowest BCUT2D eigenvalue weighted by molar-refractivity contribution is -0.161. The summed E-state index contributed by atoms with van der Waals surface area (Å²) in [5.74, 6) is -1.90. The van der Waals surface area contributed by atoms with Crippen LogP contribution in [0.1, 0.15) is 26.2 Å². The van der Waals surface area contributed by atoms with E-state index in [4.69, 9.17) is 0 Å². The molecule has 90 valence electrons. The Balaban J connectivity index is 2.91. The predicted molar refractivity (Wildman–Crippen MR) is 58.6 cm³/mol. The van der Waals surface area contributed by atoms with Gasteiger partial charge in [0.15, 0.2) is 5.92 Å². The maximum absolute atomic E-state index is 11.6. The third kappa shape index (κ3) is 2.62. The van der Waals surface area contributed by atoms with Gasteiger partial charge in [0.05, 0.1) is 14.2 Å². The van der Waals surface area contributed by atoms with Gasteiger partial charge in [0.1, 0.15) is 0 Å². The van der Waals surface area contributed by atoms with Crippen LogP contribution >= 0.6 is 0 Å². The first-order valence-corrected chi connectivity index (χ1v) is 5.44. The molecule has 4 nitrogen and oxygen atoms in total. The van der Waals surface area contributed by atoms with Gasteiger partial charge in [0, 0.05) is 5.92 Å². The van der Waals surface area contributed by atoms with E-state index < -0.39 is 17.9 Å². The quantitative estimate of drug-likeness (QED) is 0.417. The number of hydrogen-bond donors (Lipinski definition) is 0. The van der Waals surface area contributed by atoms with E-state index >= 15 is 0 Å². The monoisotopic (exact) mass is 226 g/mol. The molecule has 0 amide bonds. The fourth-order valence-corrected chi connectivity index (χ4v) is 2.15. The average molecular weight is 226 g/mol. The molecule has 0 aromatic heterocycles. The second kappa shape index (κ2) is 5.68. The topological polar surface area (TPSA) is 52.6 Å². The maximum Gasteiger partial charge on any atom is 0.320 e. The molecular weight excluding hydrogens is 208 g/mol. The summed E-state index contributed by atoms with van der Waals surface area (Å²) in [6, 6.07) is 0. The van der Waals surface area contributed by atoms with Crippen LogP contribution < -0.4 is 0 Å². The minimum atomic E-state index is -0.813. The molecule has 0 radical (unpaired) electrons. The molecule has 0 spiro atoms. The molecule has 0 heterocycles. The van der Waals surface area contributed by atoms with Crippen LogP contribution in [0, 0.1) is 11.8 Å². The van der Waals surface area contributed by atoms with Crippen molar-refractivity contribution in [2.24, 2.45) is 11.8 Å². The van der Waals surface area contributed by atoms with Crippen LogP contribution in [0.2, 0.25) is 0 Å². The van der Waals surface area contributed by atoms with Crippen molar-refractivity contribution in [3.05, 3.63) is 11.6 Å². The van der Waals surface area contributed by atoms with Gasteiger partial charge in [0.2, 0.25) is 0 Å². The number of rotatable bonds is 3. The minimum absolute atomic E-state index is 0.0753. The van der Waals surface area contributed by atoms with E-state index in [2.05, 4.69) is 15.5 Å². The molecule has 0 saturated carbocycles. The van der Waals surface area contributed by atoms with Crippen molar-refractivity contribution in [3.63, 3.8) is 0 Å². The van der Waals surface area contributed by atoms with E-state index in [9.17, 15) is 9.59 Å². The summed E-state index contributed by atoms with van der Waals surface area (Å²) in [5.41, 5.74) is 1.08. The van der Waals surface area contributed by atoms with Crippen LogP contribution in [0.25, 0.3) is 0 Å². The Morgan fingerprint density at radius 2 is 1.88 bits per heavy atom. The van der Waals surface area contributed by atoms with Crippen LogP contribution in [0.3, 0.4) is 0 Å². The SMILES string of the molecule is COC(=O)C(C(=O)OC)C1CCCC=C1C. The fraction of sp³-hybridized carbons (Fsp3) is 0.667. The van der Waals surface area contributed by atoms with Crippen molar-refractivity contribution < 1.29 is 19.1 Å². The highest BCUT2D eigenvalue weighted by molar-refractivity contribution is 5.95. The molecule has 16 heavy (non-hydrogen) atoms. The summed E-state index contributed by atoms with van der Waals surface area (Å²) >= 11 is 0. The standard InChI is InChI=1S/C12H18O4/c1-8-6-4-5-7-9(8)10(11(13)15-2)12(14)16-3/h6,9-10H,4-5,7H2,1-3H3. The van der Waals surface area contributed by atoms with Gasteiger partial charge in [-0.05, 0) is 26.2 Å². The third-order valence-corrected chi connectivity index (χ3v) is 3.08. The van der Waals surface area contributed by atoms with Gasteiger partial charge >= 0.3 is 11.9 Å². The maximum atomic E-state index is 11.6. The van der Waals surface area contributed by atoms with Gasteiger partial charge in [0.25, 0.3) is 0 Å². The van der Waals surface area contributed by atoms with Gasteiger partial charge in [-0.1, -0.05) is 11.6 Å². The molecule has 0 aliphatic heterocycles. The Hall–Kier alpha value is -1.32. The number of carbonyl (C=O) groups excluding carboxylic acids is 2. The van der Waals surface area contributed by atoms with Crippen molar-refractivity contribution in [2.45, 2.75) is 26.2 Å². The van der Waals surface area contributed by atoms with E-state index in [1.807, 2.05) is 6.92 Å². The molecule has 1 unspecified atom stereocenters. The van der Waals surface area contributed by atoms with E-state index in [0.717, 1.165) is 24.8 Å². The Bertz CT molecular complexity index is 290. The zero-order valence-electron chi connectivity index (χ0n) is 9.99. The summed E-state index contributed by atoms with van der Waals surface area (Å²) in [4.78, 5) is 23.2. The van der Waals surface area contributed by atoms with Gasteiger partial charge in [-0.25, -0.2) is 0 Å². The number of ether oxygens (including phenoxy) is 2. The van der Waals surface area contributed by atoms with Gasteiger partial charge in [-0.15, -0.1) is 0 Å². The molecule has 1 aliphatic carbocycles. The van der Waals surface area contributed by atoms with E-state index in [1.54, 1.807) is 0 Å². The molecule has 0 N–H and O–H groups in total. The smallest absolute Gasteiger partial charge is 0.320 e. The largest absolute Gasteiger partial charge is 0.468 e. The number of esters is 2. The summed E-state index contributed by atoms with van der Waals surface area (Å²) in [6.07, 6.45) is 4.91. The highest BCUT2D eigenvalue weighted by Gasteiger charge is 2.38. The average Bonchev–Trinajstić information content (AvgIpc) is 2.31. The Labute approximate surface area is 95.6 Å². The van der Waals surface area contributed by atoms with Crippen LogP contribution in [0.4, 0.5) is 0 Å². The van der Waals surface area contributed by atoms with Crippen LogP contribution in [0.5, 0.6) is 0 Å². The molecule has 1 aliphatic rings. The number of allylic oxidation sites excluding steroid dienone is 2. The third-order valence-electron chi connectivity index (χ3n) is 3.08. The van der Waals surface area contributed by atoms with E-state index in [1.165, 1.54) is 14.2 Å². The molecule has 0 bridgehead atoms. The minimum Gasteiger partial charge on any atom is -0.468 e. The van der Waals surface area contributed by atoms with Crippen molar-refractivity contribution in [3.8, 4) is 0 Å². The molecular formula is C12H18O4. The molecule has 4 heteroatoms. The van der Waals surface area contributed by atoms with Crippen LogP contribution in [0.15, 0.2) is 11.6 Å². The van der Waals surface area contributed by atoms with E-state index in [-0.39, 0.29) is 5.92 Å². The van der Waals surface area contributed by atoms with Crippen molar-refractivity contribution in [1.82, 2.24) is 0 Å². The number of carbonyl (C=O) groups is 2. The lowest BCUT2D eigenvalue weighted by atomic mass is 9.79. The zero-order chi connectivity index (χ0) is 12.1. The first kappa shape index (κ1) is 12.7. The second-order valence-electron chi connectivity index (χ2n) is 4.01. The molecule has 0 fully saturated rings. The number of methoxy groups -OCH3 is 2. The van der Waals surface area contributed by atoms with Crippen molar-refractivity contribution in [1.29, 1.82) is 0 Å². The van der Waals surface area contributed by atoms with Gasteiger partial charge in [-0.2, -0.15) is 0 Å². The highest BCUT2D eigenvalue weighted by Crippen LogP contribution is 2.32. The molecule has 0 aromatic rings. The van der Waals surface area contributed by atoms with Crippen molar-refractivity contribution in [2.75, 3.05) is 14.2 Å². The predicted octanol–water partition coefficient (Wildman–Crippen LogP) is 1.69. The van der Waals surface area contributed by atoms with Gasteiger partial charge < -0.3 is 9.47 Å². The fourth-order valence-electron chi connectivity index (χ4n) is 2.15. The van der Waals surface area contributed by atoms with Crippen molar-refractivity contribution >= 4 is 11.9 Å². The Kier molecular flexibility index (Phi) is 4.52. The van der Waals surface area contributed by atoms with Crippen LogP contribution in [-0.4, -0.2) is 26.2 Å². The normalized spacial score (nSPS) is 20.2. The summed E-state index contributed by atoms with van der Waals surface area (Å²) in [6.45, 7) is 1.95. The zero-order valence-corrected chi connectivity index (χ0v) is 9.99. The van der Waals surface area contributed by atoms with Crippen LogP contribution in [-0.2, 0) is 19.1 Å². The molecule has 0 saturated heterocycles. The first-order valence-electron chi connectivity index (χ1n) is 5.44. The lowest BCUT2D eigenvalue weighted by Crippen LogP contribution is -2.34. The first-order chi connectivity index (χ1) is 7.61. The summed E-state index contributed by atoms with van der Waals surface area (Å²) in [5, 5.41) is 0. The lowest BCUT2D eigenvalue weighted by Gasteiger charge is -2.26. The summed E-state index contributed by atoms with van der Waals surface area (Å²) < 4.78 is 9.34. The Morgan fingerprint density at radius 1 is 1.31 bits per heavy atom. The van der Waals surface area contributed by atoms with Gasteiger partial charge in [-0.3, -0.25) is 9.59 Å². The highest BCUT2D eigenvalue weighted by atomic mass is 16.5. The molecule has 1 rings (SSSR count).